The molecule has 0 bridgehead atoms. The Balaban J connectivity index is 2.09. The number of benzene rings is 2. The summed E-state index contributed by atoms with van der Waals surface area (Å²) in [5.74, 6) is 0.609. The molecule has 2 aromatic carbocycles. The molecule has 28 heavy (non-hydrogen) atoms. The average molecular weight is 384 g/mol. The van der Waals surface area contributed by atoms with E-state index in [4.69, 9.17) is 0 Å². The van der Waals surface area contributed by atoms with Gasteiger partial charge in [0.1, 0.15) is 18.1 Å². The second-order valence-electron chi connectivity index (χ2n) is 6.75. The Bertz CT molecular complexity index is 1190. The molecule has 0 radical (unpaired) electrons. The number of halogens is 3. The second kappa shape index (κ2) is 6.44. The van der Waals surface area contributed by atoms with Crippen molar-refractivity contribution in [1.82, 2.24) is 9.67 Å². The smallest absolute Gasteiger partial charge is 0.200 e. The molecule has 142 valence electrons. The van der Waals surface area contributed by atoms with E-state index in [0.29, 0.717) is 17.2 Å². The molecule has 2 heterocycles. The van der Waals surface area contributed by atoms with Gasteiger partial charge in [-0.05, 0) is 19.1 Å². The van der Waals surface area contributed by atoms with Crippen molar-refractivity contribution < 1.29 is 22.4 Å². The molecule has 0 saturated heterocycles. The Hall–Kier alpha value is -3.22. The van der Waals surface area contributed by atoms with Gasteiger partial charge in [-0.25, -0.2) is 0 Å². The van der Waals surface area contributed by atoms with Gasteiger partial charge in [-0.15, -0.1) is 0 Å². The summed E-state index contributed by atoms with van der Waals surface area (Å²) in [6, 6.07) is 11.7. The first-order valence-corrected chi connectivity index (χ1v) is 8.79. The minimum atomic E-state index is -4.46. The fourth-order valence-electron chi connectivity index (χ4n) is 3.54. The number of rotatable bonds is 2. The number of fused-ring (bicyclic) bond motifs is 1. The Morgan fingerprint density at radius 2 is 1.71 bits per heavy atom. The molecular formula is C21H19F3N4+2. The van der Waals surface area contributed by atoms with Gasteiger partial charge in [0.05, 0.1) is 29.8 Å². The molecule has 4 aromatic rings. The number of hydrogen-bond acceptors (Lipinski definition) is 1. The normalized spacial score (nSPS) is 11.9. The molecule has 0 fully saturated rings. The quantitative estimate of drug-likeness (QED) is 0.483. The molecule has 7 heteroatoms. The highest BCUT2D eigenvalue weighted by molar-refractivity contribution is 5.75. The highest BCUT2D eigenvalue weighted by Gasteiger charge is 2.36. The lowest BCUT2D eigenvalue weighted by Crippen LogP contribution is -2.43. The maximum atomic E-state index is 13.7. The van der Waals surface area contributed by atoms with Gasteiger partial charge in [-0.1, -0.05) is 21.8 Å². The van der Waals surface area contributed by atoms with Crippen LogP contribution in [0, 0.1) is 13.8 Å². The lowest BCUT2D eigenvalue weighted by Gasteiger charge is -2.12. The van der Waals surface area contributed by atoms with Crippen LogP contribution in [-0.4, -0.2) is 9.67 Å². The van der Waals surface area contributed by atoms with Crippen molar-refractivity contribution in [2.24, 2.45) is 7.05 Å². The van der Waals surface area contributed by atoms with Crippen molar-refractivity contribution in [3.05, 3.63) is 78.0 Å². The van der Waals surface area contributed by atoms with Crippen LogP contribution >= 0.6 is 0 Å². The zero-order valence-electron chi connectivity index (χ0n) is 15.7. The Labute approximate surface area is 160 Å². The third-order valence-electron chi connectivity index (χ3n) is 4.91. The third kappa shape index (κ3) is 2.93. The molecule has 0 atom stereocenters. The summed E-state index contributed by atoms with van der Waals surface area (Å²) < 4.78 is 46.4. The van der Waals surface area contributed by atoms with Crippen LogP contribution in [0.2, 0.25) is 0 Å². The van der Waals surface area contributed by atoms with Gasteiger partial charge in [0.15, 0.2) is 0 Å². The van der Waals surface area contributed by atoms with Gasteiger partial charge < -0.3 is 0 Å². The molecule has 0 spiro atoms. The summed E-state index contributed by atoms with van der Waals surface area (Å²) in [5.41, 5.74) is 1.80. The lowest BCUT2D eigenvalue weighted by molar-refractivity contribution is -0.659. The number of para-hydroxylation sites is 1. The first-order valence-electron chi connectivity index (χ1n) is 8.79. The van der Waals surface area contributed by atoms with Gasteiger partial charge in [-0.2, -0.15) is 22.4 Å². The molecule has 0 unspecified atom stereocenters. The highest BCUT2D eigenvalue weighted by Crippen LogP contribution is 2.33. The van der Waals surface area contributed by atoms with Gasteiger partial charge in [0.2, 0.25) is 11.2 Å². The Morgan fingerprint density at radius 1 is 1.00 bits per heavy atom. The van der Waals surface area contributed by atoms with Crippen molar-refractivity contribution >= 4 is 10.9 Å². The zero-order chi connectivity index (χ0) is 20.1. The molecule has 0 aliphatic carbocycles. The van der Waals surface area contributed by atoms with Crippen LogP contribution in [-0.2, 0) is 13.2 Å². The summed E-state index contributed by atoms with van der Waals surface area (Å²) in [6.45, 7) is 3.60. The highest BCUT2D eigenvalue weighted by atomic mass is 19.4. The predicted octanol–water partition coefficient (Wildman–Crippen LogP) is 3.76. The SMILES string of the molecule is Cc1c(-[n+]2cccnc2C)cc(C(F)(F)F)cc1-[n+]1c2ccccc2cn1C. The minimum absolute atomic E-state index is 0.452. The third-order valence-corrected chi connectivity index (χ3v) is 4.91. The van der Waals surface area contributed by atoms with Crippen molar-refractivity contribution in [3.63, 3.8) is 0 Å². The van der Waals surface area contributed by atoms with E-state index in [-0.39, 0.29) is 0 Å². The fourth-order valence-corrected chi connectivity index (χ4v) is 3.54. The van der Waals surface area contributed by atoms with Gasteiger partial charge in [0, 0.05) is 25.1 Å². The van der Waals surface area contributed by atoms with Gasteiger partial charge in [0.25, 0.3) is 5.82 Å². The molecule has 0 saturated carbocycles. The Kier molecular flexibility index (Phi) is 4.18. The summed E-state index contributed by atoms with van der Waals surface area (Å²) in [6.07, 6.45) is 0.782. The van der Waals surface area contributed by atoms with Crippen molar-refractivity contribution in [3.8, 4) is 11.4 Å². The van der Waals surface area contributed by atoms with Crippen LogP contribution < -0.4 is 9.25 Å². The molecule has 0 N–H and O–H groups in total. The van der Waals surface area contributed by atoms with Crippen molar-refractivity contribution in [2.45, 2.75) is 20.0 Å². The van der Waals surface area contributed by atoms with E-state index in [0.717, 1.165) is 16.5 Å². The maximum absolute atomic E-state index is 13.7. The topological polar surface area (TPSA) is 25.6 Å². The minimum Gasteiger partial charge on any atom is -0.200 e. The second-order valence-corrected chi connectivity index (χ2v) is 6.75. The zero-order valence-corrected chi connectivity index (χ0v) is 15.7. The largest absolute Gasteiger partial charge is 0.416 e. The summed E-state index contributed by atoms with van der Waals surface area (Å²) >= 11 is 0. The number of aryl methyl sites for hydroxylation is 2. The van der Waals surface area contributed by atoms with Gasteiger partial charge >= 0.3 is 6.18 Å². The number of hydrogen-bond donors (Lipinski definition) is 0. The van der Waals surface area contributed by atoms with Crippen molar-refractivity contribution in [1.29, 1.82) is 0 Å². The van der Waals surface area contributed by atoms with E-state index in [2.05, 4.69) is 4.98 Å². The van der Waals surface area contributed by atoms with E-state index >= 15 is 0 Å². The summed E-state index contributed by atoms with van der Waals surface area (Å²) in [5, 5.41) is 0.952. The molecule has 4 nitrogen and oxygen atoms in total. The number of alkyl halides is 3. The first-order chi connectivity index (χ1) is 13.3. The predicted molar refractivity (Wildman–Crippen MR) is 98.3 cm³/mol. The van der Waals surface area contributed by atoms with Crippen LogP contribution in [0.15, 0.2) is 61.1 Å². The fraction of sp³-hybridized carbons (Fsp3) is 0.190. The van der Waals surface area contributed by atoms with Crippen molar-refractivity contribution in [2.75, 3.05) is 0 Å². The van der Waals surface area contributed by atoms with Gasteiger partial charge in [-0.3, -0.25) is 0 Å². The maximum Gasteiger partial charge on any atom is 0.416 e. The number of nitrogens with zero attached hydrogens (tertiary/aromatic N) is 4. The monoisotopic (exact) mass is 384 g/mol. The first kappa shape index (κ1) is 18.2. The standard InChI is InChI=1S/C21H19F3N4/c1-14-19(27-10-6-9-25-15(27)2)11-17(21(22,23)24)12-20(14)28-18-8-5-4-7-16(18)13-26(28)3/h4-13H,1-3H3/q+2. The summed E-state index contributed by atoms with van der Waals surface area (Å²) in [7, 11) is 1.82. The van der Waals surface area contributed by atoms with E-state index in [9.17, 15) is 13.2 Å². The molecule has 4 rings (SSSR count). The summed E-state index contributed by atoms with van der Waals surface area (Å²) in [4.78, 5) is 4.22. The lowest BCUT2D eigenvalue weighted by atomic mass is 10.1. The van der Waals surface area contributed by atoms with E-state index in [1.54, 1.807) is 39.3 Å². The average Bonchev–Trinajstić information content (AvgIpc) is 2.97. The van der Waals surface area contributed by atoms with Crippen LogP contribution in [0.3, 0.4) is 0 Å². The molecular weight excluding hydrogens is 365 g/mol. The Morgan fingerprint density at radius 3 is 2.43 bits per heavy atom. The van der Waals surface area contributed by atoms with Crippen LogP contribution in [0.25, 0.3) is 22.3 Å². The van der Waals surface area contributed by atoms with E-state index < -0.39 is 11.7 Å². The van der Waals surface area contributed by atoms with Crippen LogP contribution in [0.5, 0.6) is 0 Å². The van der Waals surface area contributed by atoms with Crippen LogP contribution in [0.1, 0.15) is 17.0 Å². The molecule has 2 aromatic heterocycles. The van der Waals surface area contributed by atoms with E-state index in [1.165, 1.54) is 12.1 Å². The molecule has 0 aliphatic rings. The van der Waals surface area contributed by atoms with Crippen LogP contribution in [0.4, 0.5) is 13.2 Å². The molecule has 0 aliphatic heterocycles. The van der Waals surface area contributed by atoms with E-state index in [1.807, 2.05) is 44.4 Å². The molecule has 0 amide bonds. The number of aromatic nitrogens is 4.